The molecule has 1 spiro atoms. The molecule has 1 aromatic heterocycles. The minimum Gasteiger partial charge on any atom is -0.363 e. The minimum atomic E-state index is -0.0597. The van der Waals surface area contributed by atoms with Gasteiger partial charge in [0.15, 0.2) is 0 Å². The maximum atomic E-state index is 6.80. The maximum Gasteiger partial charge on any atom is 0.136 e. The molecule has 5 unspecified atom stereocenters. The Morgan fingerprint density at radius 1 is 0.952 bits per heavy atom. The van der Waals surface area contributed by atoms with Gasteiger partial charge in [-0.1, -0.05) is 79.4 Å². The van der Waals surface area contributed by atoms with Gasteiger partial charge in [-0.15, -0.1) is 6.58 Å². The highest BCUT2D eigenvalue weighted by atomic mass is 16.5. The lowest BCUT2D eigenvalue weighted by Crippen LogP contribution is -2.73. The fraction of sp³-hybridized carbons (Fsp3) is 0.263. The SMILES string of the molecule is C=CCOC(c1ccnc2ccccc12)C1CC23CC2(C=NC=C)CC[N+]13Cc1c2ccccc2cc2ccccc12. The molecule has 0 bridgehead atoms. The van der Waals surface area contributed by atoms with Crippen molar-refractivity contribution in [2.24, 2.45) is 10.4 Å². The summed E-state index contributed by atoms with van der Waals surface area (Å²) in [6.07, 6.45) is 11.2. The molecule has 0 N–H and O–H groups in total. The second-order valence-corrected chi connectivity index (χ2v) is 12.5. The maximum absolute atomic E-state index is 6.80. The molecular formula is C38H36N3O+. The molecule has 4 heteroatoms. The summed E-state index contributed by atoms with van der Waals surface area (Å²) >= 11 is 0. The summed E-state index contributed by atoms with van der Waals surface area (Å²) in [5.74, 6) is 0. The van der Waals surface area contributed by atoms with E-state index in [4.69, 9.17) is 4.74 Å². The summed E-state index contributed by atoms with van der Waals surface area (Å²) in [5, 5.41) is 6.52. The predicted molar refractivity (Wildman–Crippen MR) is 172 cm³/mol. The molecule has 0 radical (unpaired) electrons. The number of hydrogen-bond donors (Lipinski definition) is 0. The van der Waals surface area contributed by atoms with Crippen LogP contribution < -0.4 is 0 Å². The first kappa shape index (κ1) is 25.6. The van der Waals surface area contributed by atoms with Crippen LogP contribution in [0, 0.1) is 5.41 Å². The summed E-state index contributed by atoms with van der Waals surface area (Å²) in [5.41, 5.74) is 4.03. The highest BCUT2D eigenvalue weighted by molar-refractivity contribution is 6.02. The number of aliphatic imine (C=N–C) groups is 1. The van der Waals surface area contributed by atoms with Gasteiger partial charge in [0.05, 0.1) is 30.5 Å². The predicted octanol–water partition coefficient (Wildman–Crippen LogP) is 8.32. The van der Waals surface area contributed by atoms with Crippen LogP contribution in [0.4, 0.5) is 0 Å². The Balaban J connectivity index is 1.32. The highest BCUT2D eigenvalue weighted by Crippen LogP contribution is 2.79. The summed E-state index contributed by atoms with van der Waals surface area (Å²) < 4.78 is 7.84. The van der Waals surface area contributed by atoms with Crippen LogP contribution in [0.5, 0.6) is 0 Å². The molecule has 0 amide bonds. The number of piperidine rings is 1. The van der Waals surface area contributed by atoms with Gasteiger partial charge < -0.3 is 9.22 Å². The molecule has 3 heterocycles. The van der Waals surface area contributed by atoms with E-state index in [1.54, 1.807) is 6.20 Å². The quantitative estimate of drug-likeness (QED) is 0.0800. The monoisotopic (exact) mass is 550 g/mol. The molecule has 1 saturated carbocycles. The molecule has 3 aliphatic rings. The van der Waals surface area contributed by atoms with Crippen LogP contribution in [0.15, 0.2) is 122 Å². The minimum absolute atomic E-state index is 0.0597. The first-order chi connectivity index (χ1) is 20.7. The second-order valence-electron chi connectivity index (χ2n) is 12.5. The zero-order chi connectivity index (χ0) is 28.4. The lowest BCUT2D eigenvalue weighted by atomic mass is 9.77. The Morgan fingerprint density at radius 2 is 1.67 bits per heavy atom. The summed E-state index contributed by atoms with van der Waals surface area (Å²) in [6.45, 7) is 10.5. The molecule has 5 atom stereocenters. The molecule has 5 aromatic rings. The van der Waals surface area contributed by atoms with Crippen molar-refractivity contribution in [1.29, 1.82) is 0 Å². The molecule has 1 aliphatic carbocycles. The van der Waals surface area contributed by atoms with E-state index in [9.17, 15) is 0 Å². The second kappa shape index (κ2) is 9.45. The average Bonchev–Trinajstić information content (AvgIpc) is 3.67. The van der Waals surface area contributed by atoms with Crippen molar-refractivity contribution in [2.45, 2.75) is 43.5 Å². The van der Waals surface area contributed by atoms with Gasteiger partial charge in [0.1, 0.15) is 24.2 Å². The third kappa shape index (κ3) is 3.43. The number of quaternary nitrogens is 1. The molecular weight excluding hydrogens is 514 g/mol. The van der Waals surface area contributed by atoms with Crippen LogP contribution in [0.2, 0.25) is 0 Å². The normalized spacial score (nSPS) is 28.4. The van der Waals surface area contributed by atoms with E-state index in [1.807, 2.05) is 12.3 Å². The Morgan fingerprint density at radius 3 is 2.40 bits per heavy atom. The molecule has 2 saturated heterocycles. The zero-order valence-corrected chi connectivity index (χ0v) is 24.0. The van der Waals surface area contributed by atoms with Crippen LogP contribution in [-0.2, 0) is 11.3 Å². The van der Waals surface area contributed by atoms with Crippen molar-refractivity contribution >= 4 is 38.7 Å². The molecule has 42 heavy (non-hydrogen) atoms. The van der Waals surface area contributed by atoms with Crippen molar-refractivity contribution < 1.29 is 9.22 Å². The number of fused-ring (bicyclic) bond motifs is 3. The number of aromatic nitrogens is 1. The molecule has 4 aromatic carbocycles. The van der Waals surface area contributed by atoms with Crippen molar-refractivity contribution in [1.82, 2.24) is 4.98 Å². The van der Waals surface area contributed by atoms with Gasteiger partial charge in [0, 0.05) is 42.4 Å². The lowest BCUT2D eigenvalue weighted by molar-refractivity contribution is -1.03. The van der Waals surface area contributed by atoms with Crippen molar-refractivity contribution in [2.75, 3.05) is 13.2 Å². The van der Waals surface area contributed by atoms with Crippen molar-refractivity contribution in [3.63, 3.8) is 0 Å². The summed E-state index contributed by atoms with van der Waals surface area (Å²) in [4.78, 5) is 9.30. The number of hydrogen-bond acceptors (Lipinski definition) is 3. The Bertz CT molecular complexity index is 1850. The van der Waals surface area contributed by atoms with E-state index in [1.165, 1.54) is 44.5 Å². The Labute approximate surface area is 247 Å². The van der Waals surface area contributed by atoms with Crippen LogP contribution >= 0.6 is 0 Å². The summed E-state index contributed by atoms with van der Waals surface area (Å²) in [7, 11) is 0. The molecule has 3 fully saturated rings. The van der Waals surface area contributed by atoms with Crippen LogP contribution in [0.1, 0.15) is 36.5 Å². The Hall–Kier alpha value is -4.12. The number of pyridine rings is 1. The number of para-hydroxylation sites is 1. The van der Waals surface area contributed by atoms with Gasteiger partial charge in [-0.2, -0.15) is 0 Å². The third-order valence-electron chi connectivity index (χ3n) is 10.9. The average molecular weight is 551 g/mol. The number of benzene rings is 4. The number of nitrogens with zero attached hydrogens (tertiary/aromatic N) is 3. The van der Waals surface area contributed by atoms with E-state index in [0.717, 1.165) is 35.9 Å². The molecule has 8 rings (SSSR count). The number of rotatable bonds is 9. The van der Waals surface area contributed by atoms with E-state index >= 15 is 0 Å². The Kier molecular flexibility index (Phi) is 5.76. The zero-order valence-electron chi connectivity index (χ0n) is 24.0. The van der Waals surface area contributed by atoms with Gasteiger partial charge in [0.25, 0.3) is 0 Å². The van der Waals surface area contributed by atoms with E-state index < -0.39 is 0 Å². The fourth-order valence-electron chi connectivity index (χ4n) is 9.01. The van der Waals surface area contributed by atoms with E-state index in [0.29, 0.717) is 12.6 Å². The summed E-state index contributed by atoms with van der Waals surface area (Å²) in [6, 6.07) is 31.1. The fourth-order valence-corrected chi connectivity index (χ4v) is 9.01. The highest BCUT2D eigenvalue weighted by Gasteiger charge is 2.89. The number of ether oxygens (including phenoxy) is 1. The van der Waals surface area contributed by atoms with Gasteiger partial charge in [-0.3, -0.25) is 9.98 Å². The van der Waals surface area contributed by atoms with Crippen LogP contribution in [0.3, 0.4) is 0 Å². The molecule has 4 nitrogen and oxygen atoms in total. The van der Waals surface area contributed by atoms with Gasteiger partial charge in [-0.05, 0) is 45.3 Å². The van der Waals surface area contributed by atoms with Gasteiger partial charge in [0.2, 0.25) is 0 Å². The topological polar surface area (TPSA) is 34.5 Å². The lowest BCUT2D eigenvalue weighted by Gasteiger charge is -2.60. The van der Waals surface area contributed by atoms with Crippen LogP contribution in [-0.4, -0.2) is 40.4 Å². The first-order valence-corrected chi connectivity index (χ1v) is 15.1. The standard InChI is InChI=1S/C38H36N3O/c1-3-21-42-36(32-17-19-40-34-16-10-9-15-31(32)34)35-23-38-25-37(38,26-39-4-2)18-20-41(35,38)24-33-29-13-7-5-11-27(29)22-28-12-6-8-14-30(28)33/h3-17,19,22,26,35-36H,1-2,18,20-21,23-25H2/q+1. The van der Waals surface area contributed by atoms with Crippen molar-refractivity contribution in [3.05, 3.63) is 128 Å². The smallest absolute Gasteiger partial charge is 0.136 e. The first-order valence-electron chi connectivity index (χ1n) is 15.1. The molecule has 208 valence electrons. The third-order valence-corrected chi connectivity index (χ3v) is 10.9. The van der Waals surface area contributed by atoms with Crippen molar-refractivity contribution in [3.8, 4) is 0 Å². The largest absolute Gasteiger partial charge is 0.363 e. The van der Waals surface area contributed by atoms with E-state index in [2.05, 4.69) is 114 Å². The van der Waals surface area contributed by atoms with E-state index in [-0.39, 0.29) is 17.1 Å². The van der Waals surface area contributed by atoms with Crippen LogP contribution in [0.25, 0.3) is 32.4 Å². The molecule has 2 aliphatic heterocycles. The van der Waals surface area contributed by atoms with Gasteiger partial charge >= 0.3 is 0 Å². The van der Waals surface area contributed by atoms with Gasteiger partial charge in [-0.25, -0.2) is 0 Å².